The lowest BCUT2D eigenvalue weighted by Gasteiger charge is -2.40. The van der Waals surface area contributed by atoms with Crippen molar-refractivity contribution in [2.24, 2.45) is 10.4 Å². The summed E-state index contributed by atoms with van der Waals surface area (Å²) in [6, 6.07) is 4.12. The first-order chi connectivity index (χ1) is 12.1. The van der Waals surface area contributed by atoms with Gasteiger partial charge in [-0.05, 0) is 57.8 Å². The van der Waals surface area contributed by atoms with E-state index in [1.165, 1.54) is 19.3 Å². The minimum absolute atomic E-state index is 0. The Morgan fingerprint density at radius 3 is 2.65 bits per heavy atom. The molecule has 1 aliphatic rings. The molecular weight excluding hydrogens is 443 g/mol. The lowest BCUT2D eigenvalue weighted by molar-refractivity contribution is 0.0778. The molecule has 2 rings (SSSR count). The fourth-order valence-electron chi connectivity index (χ4n) is 3.28. The second-order valence-electron chi connectivity index (χ2n) is 7.17. The van der Waals surface area contributed by atoms with Crippen LogP contribution in [0.2, 0.25) is 0 Å². The third-order valence-corrected chi connectivity index (χ3v) is 5.13. The highest BCUT2D eigenvalue weighted by atomic mass is 127. The van der Waals surface area contributed by atoms with Crippen LogP contribution in [0.3, 0.4) is 0 Å². The highest BCUT2D eigenvalue weighted by Crippen LogP contribution is 2.44. The second-order valence-corrected chi connectivity index (χ2v) is 7.17. The lowest BCUT2D eigenvalue weighted by Crippen LogP contribution is -2.43. The van der Waals surface area contributed by atoms with Crippen molar-refractivity contribution in [2.75, 3.05) is 47.4 Å². The number of aliphatic imine (C=N–C) groups is 1. The monoisotopic (exact) mass is 478 g/mol. The maximum absolute atomic E-state index is 5.58. The molecule has 1 unspecified atom stereocenters. The minimum Gasteiger partial charge on any atom is -0.468 e. The Labute approximate surface area is 175 Å². The molecule has 0 amide bonds. The van der Waals surface area contributed by atoms with Gasteiger partial charge in [0.05, 0.1) is 12.3 Å². The van der Waals surface area contributed by atoms with Gasteiger partial charge >= 0.3 is 0 Å². The summed E-state index contributed by atoms with van der Waals surface area (Å²) >= 11 is 0. The number of likely N-dealkylation sites (N-methyl/N-ethyl adjacent to an activating group) is 1. The zero-order chi connectivity index (χ0) is 18.1. The predicted octanol–water partition coefficient (Wildman–Crippen LogP) is 3.26. The van der Waals surface area contributed by atoms with E-state index in [0.29, 0.717) is 5.41 Å². The molecule has 1 aliphatic carbocycles. The standard InChI is InChI=1S/C19H34N4O2.HI/c1-5-20-18(22-15-19(9-7-10-19)11-13-24-4)21-14-16(23(2)3)17-8-6-12-25-17;/h6,8,12,16H,5,7,9-11,13-15H2,1-4H3,(H2,20,21,22);1H. The molecule has 1 fully saturated rings. The molecule has 1 saturated carbocycles. The molecular formula is C19H35IN4O2. The van der Waals surface area contributed by atoms with Crippen LogP contribution >= 0.6 is 24.0 Å². The summed E-state index contributed by atoms with van der Waals surface area (Å²) in [6.45, 7) is 5.37. The Morgan fingerprint density at radius 2 is 2.15 bits per heavy atom. The third-order valence-electron chi connectivity index (χ3n) is 5.13. The van der Waals surface area contributed by atoms with Crippen molar-refractivity contribution < 1.29 is 9.15 Å². The van der Waals surface area contributed by atoms with E-state index in [1.807, 2.05) is 12.1 Å². The Balaban J connectivity index is 0.00000338. The number of nitrogens with zero attached hydrogens (tertiary/aromatic N) is 2. The van der Waals surface area contributed by atoms with Crippen molar-refractivity contribution >= 4 is 29.9 Å². The molecule has 1 heterocycles. The van der Waals surface area contributed by atoms with Crippen molar-refractivity contribution in [1.29, 1.82) is 0 Å². The molecule has 0 aromatic carbocycles. The summed E-state index contributed by atoms with van der Waals surface area (Å²) in [7, 11) is 5.90. The van der Waals surface area contributed by atoms with Crippen LogP contribution in [0.4, 0.5) is 0 Å². The first kappa shape index (κ1) is 23.2. The number of nitrogens with one attached hydrogen (secondary N) is 2. The van der Waals surface area contributed by atoms with Crippen LogP contribution in [-0.2, 0) is 4.74 Å². The number of methoxy groups -OCH3 is 1. The molecule has 1 aromatic heterocycles. The van der Waals surface area contributed by atoms with Gasteiger partial charge in [0, 0.05) is 33.4 Å². The molecule has 2 N–H and O–H groups in total. The Bertz CT molecular complexity index is 516. The van der Waals surface area contributed by atoms with E-state index >= 15 is 0 Å². The molecule has 150 valence electrons. The largest absolute Gasteiger partial charge is 0.468 e. The summed E-state index contributed by atoms with van der Waals surface area (Å²) in [4.78, 5) is 7.02. The van der Waals surface area contributed by atoms with Gasteiger partial charge in [-0.1, -0.05) is 6.42 Å². The molecule has 0 radical (unpaired) electrons. The lowest BCUT2D eigenvalue weighted by atomic mass is 9.67. The van der Waals surface area contributed by atoms with Gasteiger partial charge in [0.15, 0.2) is 5.96 Å². The number of furan rings is 1. The van der Waals surface area contributed by atoms with Gasteiger partial charge in [0.25, 0.3) is 0 Å². The molecule has 26 heavy (non-hydrogen) atoms. The number of ether oxygens (including phenoxy) is 1. The maximum Gasteiger partial charge on any atom is 0.191 e. The van der Waals surface area contributed by atoms with Crippen molar-refractivity contribution in [3.05, 3.63) is 24.2 Å². The fourth-order valence-corrected chi connectivity index (χ4v) is 3.28. The summed E-state index contributed by atoms with van der Waals surface area (Å²) < 4.78 is 10.9. The van der Waals surface area contributed by atoms with Gasteiger partial charge < -0.3 is 19.8 Å². The first-order valence-corrected chi connectivity index (χ1v) is 9.31. The zero-order valence-electron chi connectivity index (χ0n) is 16.6. The quantitative estimate of drug-likeness (QED) is 0.307. The summed E-state index contributed by atoms with van der Waals surface area (Å²) in [5.74, 6) is 1.84. The van der Waals surface area contributed by atoms with Gasteiger partial charge in [0.1, 0.15) is 5.76 Å². The van der Waals surface area contributed by atoms with Crippen molar-refractivity contribution in [3.8, 4) is 0 Å². The number of halogens is 1. The number of hydrogen-bond donors (Lipinski definition) is 2. The number of guanidine groups is 1. The second kappa shape index (κ2) is 11.8. The molecule has 6 nitrogen and oxygen atoms in total. The Morgan fingerprint density at radius 1 is 1.38 bits per heavy atom. The van der Waals surface area contributed by atoms with Crippen LogP contribution in [0, 0.1) is 5.41 Å². The zero-order valence-corrected chi connectivity index (χ0v) is 18.9. The van der Waals surface area contributed by atoms with Crippen molar-refractivity contribution in [3.63, 3.8) is 0 Å². The summed E-state index contributed by atoms with van der Waals surface area (Å²) in [5, 5.41) is 6.83. The Hall–Kier alpha value is -0.800. The van der Waals surface area contributed by atoms with Crippen LogP contribution in [0.1, 0.15) is 44.4 Å². The first-order valence-electron chi connectivity index (χ1n) is 9.31. The van der Waals surface area contributed by atoms with Gasteiger partial charge in [0.2, 0.25) is 0 Å². The van der Waals surface area contributed by atoms with Gasteiger partial charge in [-0.25, -0.2) is 0 Å². The predicted molar refractivity (Wildman–Crippen MR) is 117 cm³/mol. The summed E-state index contributed by atoms with van der Waals surface area (Å²) in [5.41, 5.74) is 0.334. The van der Waals surface area contributed by atoms with Crippen molar-refractivity contribution in [2.45, 2.75) is 38.6 Å². The normalized spacial score (nSPS) is 17.3. The molecule has 1 atom stereocenters. The smallest absolute Gasteiger partial charge is 0.191 e. The van der Waals surface area contributed by atoms with Gasteiger partial charge in [-0.15, -0.1) is 24.0 Å². The van der Waals surface area contributed by atoms with Crippen LogP contribution < -0.4 is 10.6 Å². The average Bonchev–Trinajstić information content (AvgIpc) is 3.07. The topological polar surface area (TPSA) is 62.0 Å². The Kier molecular flexibility index (Phi) is 10.6. The van der Waals surface area contributed by atoms with Crippen LogP contribution in [0.25, 0.3) is 0 Å². The molecule has 1 aromatic rings. The highest BCUT2D eigenvalue weighted by molar-refractivity contribution is 14.0. The van der Waals surface area contributed by atoms with E-state index in [9.17, 15) is 0 Å². The fraction of sp³-hybridized carbons (Fsp3) is 0.737. The molecule has 0 spiro atoms. The van der Waals surface area contributed by atoms with E-state index in [2.05, 4.69) is 36.6 Å². The SMILES string of the molecule is CCNC(=NCC1(CCOC)CCC1)NCC(c1ccco1)N(C)C.I. The average molecular weight is 478 g/mol. The van der Waals surface area contributed by atoms with E-state index in [-0.39, 0.29) is 30.0 Å². The maximum atomic E-state index is 5.58. The number of rotatable bonds is 10. The van der Waals surface area contributed by atoms with Crippen LogP contribution in [0.5, 0.6) is 0 Å². The van der Waals surface area contributed by atoms with E-state index in [0.717, 1.165) is 44.4 Å². The van der Waals surface area contributed by atoms with E-state index < -0.39 is 0 Å². The molecule has 0 aliphatic heterocycles. The van der Waals surface area contributed by atoms with Crippen molar-refractivity contribution in [1.82, 2.24) is 15.5 Å². The highest BCUT2D eigenvalue weighted by Gasteiger charge is 2.36. The van der Waals surface area contributed by atoms with Gasteiger partial charge in [-0.3, -0.25) is 9.89 Å². The minimum atomic E-state index is 0. The molecule has 7 heteroatoms. The van der Waals surface area contributed by atoms with E-state index in [4.69, 9.17) is 14.1 Å². The molecule has 0 saturated heterocycles. The van der Waals surface area contributed by atoms with Gasteiger partial charge in [-0.2, -0.15) is 0 Å². The summed E-state index contributed by atoms with van der Waals surface area (Å²) in [6.07, 6.45) is 6.64. The number of hydrogen-bond acceptors (Lipinski definition) is 4. The molecule has 0 bridgehead atoms. The third kappa shape index (κ3) is 6.74. The van der Waals surface area contributed by atoms with E-state index in [1.54, 1.807) is 13.4 Å². The van der Waals surface area contributed by atoms with Crippen LogP contribution in [-0.4, -0.2) is 58.3 Å². The van der Waals surface area contributed by atoms with Crippen LogP contribution in [0.15, 0.2) is 27.8 Å².